The lowest BCUT2D eigenvalue weighted by Crippen LogP contribution is -2.58. The molecule has 1 N–H and O–H groups in total. The van der Waals surface area contributed by atoms with Gasteiger partial charge in [-0.3, -0.25) is 14.4 Å². The Kier molecular flexibility index (Phi) is 2.95. The van der Waals surface area contributed by atoms with Crippen molar-refractivity contribution in [2.45, 2.75) is 37.6 Å². The fraction of sp³-hybridized carbons (Fsp3) is 0.526. The molecule has 8 atom stereocenters. The Balaban J connectivity index is 1.69. The first-order valence-electron chi connectivity index (χ1n) is 8.88. The first-order valence-corrected chi connectivity index (χ1v) is 8.88. The number of furan rings is 1. The summed E-state index contributed by atoms with van der Waals surface area (Å²) in [5.41, 5.74) is -1.05. The van der Waals surface area contributed by atoms with E-state index in [-0.39, 0.29) is 11.7 Å². The number of rotatable bonds is 2. The molecule has 0 saturated carbocycles. The number of carbonyl (C=O) groups excluding carboxylic acids is 2. The zero-order valence-corrected chi connectivity index (χ0v) is 14.4. The average molecular weight is 357 g/mol. The van der Waals surface area contributed by atoms with Crippen LogP contribution in [0.3, 0.4) is 0 Å². The summed E-state index contributed by atoms with van der Waals surface area (Å²) >= 11 is 0. The molecule has 26 heavy (non-hydrogen) atoms. The predicted molar refractivity (Wildman–Crippen MR) is 86.8 cm³/mol. The van der Waals surface area contributed by atoms with Gasteiger partial charge in [-0.25, -0.2) is 0 Å². The van der Waals surface area contributed by atoms with Crippen LogP contribution >= 0.6 is 0 Å². The number of ether oxygens (including phenoxy) is 1. The Labute approximate surface area is 149 Å². The highest BCUT2D eigenvalue weighted by molar-refractivity contribution is 5.96. The number of amides is 1. The van der Waals surface area contributed by atoms with Crippen LogP contribution in [-0.2, 0) is 19.1 Å². The Bertz CT molecular complexity index is 844. The summed E-state index contributed by atoms with van der Waals surface area (Å²) < 4.78 is 11.6. The number of hydrogen-bond acceptors (Lipinski definition) is 5. The third-order valence-electron chi connectivity index (χ3n) is 6.63. The molecule has 5 rings (SSSR count). The fourth-order valence-electron chi connectivity index (χ4n) is 5.65. The second-order valence-corrected chi connectivity index (χ2v) is 7.77. The summed E-state index contributed by atoms with van der Waals surface area (Å²) in [6, 6.07) is 2.41. The number of piperidine rings is 1. The van der Waals surface area contributed by atoms with Gasteiger partial charge >= 0.3 is 5.97 Å². The van der Waals surface area contributed by atoms with Gasteiger partial charge in [0, 0.05) is 11.8 Å². The van der Waals surface area contributed by atoms with Crippen molar-refractivity contribution in [2.24, 2.45) is 23.7 Å². The van der Waals surface area contributed by atoms with Crippen molar-refractivity contribution in [3.63, 3.8) is 0 Å². The van der Waals surface area contributed by atoms with Crippen molar-refractivity contribution in [1.29, 1.82) is 0 Å². The number of hydrogen-bond donors (Lipinski definition) is 1. The van der Waals surface area contributed by atoms with Gasteiger partial charge in [0.2, 0.25) is 5.91 Å². The van der Waals surface area contributed by atoms with Crippen LogP contribution in [0.2, 0.25) is 0 Å². The number of ketones is 1. The molecule has 0 aliphatic carbocycles. The minimum absolute atomic E-state index is 0.0368. The quantitative estimate of drug-likeness (QED) is 0.804. The Morgan fingerprint density at radius 2 is 2.04 bits per heavy atom. The van der Waals surface area contributed by atoms with Crippen molar-refractivity contribution in [3.8, 4) is 0 Å². The van der Waals surface area contributed by atoms with Crippen molar-refractivity contribution in [1.82, 2.24) is 4.90 Å². The van der Waals surface area contributed by atoms with Crippen molar-refractivity contribution in [2.75, 3.05) is 0 Å². The molecule has 0 radical (unpaired) electrons. The molecule has 4 aliphatic rings. The molecule has 3 saturated heterocycles. The normalized spacial score (nSPS) is 45.9. The van der Waals surface area contributed by atoms with Gasteiger partial charge in [0.15, 0.2) is 0 Å². The second-order valence-electron chi connectivity index (χ2n) is 7.77. The van der Waals surface area contributed by atoms with Crippen LogP contribution < -0.4 is 0 Å². The van der Waals surface area contributed by atoms with Crippen molar-refractivity contribution >= 4 is 17.7 Å². The number of nitrogens with zero attached hydrogens (tertiary/aromatic N) is 1. The summed E-state index contributed by atoms with van der Waals surface area (Å²) in [5.74, 6) is -3.33. The predicted octanol–water partition coefficient (Wildman–Crippen LogP) is 1.41. The molecular formula is C19H19NO6. The van der Waals surface area contributed by atoms with E-state index in [9.17, 15) is 19.5 Å². The van der Waals surface area contributed by atoms with Crippen LogP contribution in [0.25, 0.3) is 0 Å². The van der Waals surface area contributed by atoms with Crippen LogP contribution in [0.15, 0.2) is 35.0 Å². The smallest absolute Gasteiger partial charge is 0.310 e. The summed E-state index contributed by atoms with van der Waals surface area (Å²) in [6.45, 7) is 3.60. The van der Waals surface area contributed by atoms with Crippen LogP contribution in [0.4, 0.5) is 0 Å². The van der Waals surface area contributed by atoms with E-state index in [1.54, 1.807) is 37.0 Å². The maximum Gasteiger partial charge on any atom is 0.310 e. The van der Waals surface area contributed by atoms with E-state index in [4.69, 9.17) is 9.15 Å². The zero-order chi connectivity index (χ0) is 18.4. The van der Waals surface area contributed by atoms with E-state index in [1.807, 2.05) is 6.08 Å². The van der Waals surface area contributed by atoms with Gasteiger partial charge in [-0.05, 0) is 12.1 Å². The lowest BCUT2D eigenvalue weighted by molar-refractivity contribution is -0.156. The fourth-order valence-corrected chi connectivity index (χ4v) is 5.65. The Morgan fingerprint density at radius 1 is 1.27 bits per heavy atom. The second kappa shape index (κ2) is 4.85. The Morgan fingerprint density at radius 3 is 2.69 bits per heavy atom. The number of aliphatic carboxylic acids is 1. The number of carboxylic acids is 1. The molecule has 1 amide bonds. The summed E-state index contributed by atoms with van der Waals surface area (Å²) in [5, 5.41) is 9.68. The van der Waals surface area contributed by atoms with Crippen molar-refractivity contribution in [3.05, 3.63) is 36.3 Å². The minimum atomic E-state index is -1.05. The van der Waals surface area contributed by atoms with Crippen LogP contribution in [0.1, 0.15) is 25.6 Å². The van der Waals surface area contributed by atoms with Gasteiger partial charge in [-0.15, -0.1) is 0 Å². The Hall–Kier alpha value is -2.41. The van der Waals surface area contributed by atoms with E-state index in [0.29, 0.717) is 5.76 Å². The van der Waals surface area contributed by atoms with Crippen molar-refractivity contribution < 1.29 is 28.6 Å². The van der Waals surface area contributed by atoms with Gasteiger partial charge in [-0.2, -0.15) is 0 Å². The molecule has 7 nitrogen and oxygen atoms in total. The molecule has 1 aromatic heterocycles. The maximum absolute atomic E-state index is 13.4. The molecule has 0 unspecified atom stereocenters. The standard InChI is InChI=1S/C19H19NO6/c1-8-14(11-4-3-7-25-11)20-16(9(2)15(8)21)19-6-5-10(26-19)12(18(23)24)13(19)17(20)22/h3-10,12-14,16H,1-2H3,(H,23,24)/t8-,9-,10+,12+,13-,14+,16-,19-/m0/s1. The highest BCUT2D eigenvalue weighted by Gasteiger charge is 2.75. The first-order chi connectivity index (χ1) is 12.4. The lowest BCUT2D eigenvalue weighted by Gasteiger charge is -2.46. The van der Waals surface area contributed by atoms with Gasteiger partial charge in [0.1, 0.15) is 23.1 Å². The highest BCUT2D eigenvalue weighted by atomic mass is 16.5. The average Bonchev–Trinajstić information content (AvgIpc) is 3.35. The number of carbonyl (C=O) groups is 3. The molecule has 5 heterocycles. The zero-order valence-electron chi connectivity index (χ0n) is 14.4. The van der Waals surface area contributed by atoms with E-state index >= 15 is 0 Å². The first kappa shape index (κ1) is 15.8. The molecule has 136 valence electrons. The van der Waals surface area contributed by atoms with Gasteiger partial charge in [-0.1, -0.05) is 26.0 Å². The molecule has 4 aliphatic heterocycles. The SMILES string of the molecule is C[C@@H]1C(=O)[C@H](C)[C@@H]2N(C(=O)[C@@H]3[C@H](C(=O)O)[C@H]4C=C[C@]32O4)[C@H]1c1ccco1. The highest BCUT2D eigenvalue weighted by Crippen LogP contribution is 2.60. The van der Waals surface area contributed by atoms with Gasteiger partial charge < -0.3 is 19.2 Å². The van der Waals surface area contributed by atoms with Gasteiger partial charge in [0.05, 0.1) is 30.4 Å². The van der Waals surface area contributed by atoms with E-state index in [0.717, 1.165) is 0 Å². The van der Waals surface area contributed by atoms with E-state index in [2.05, 4.69) is 0 Å². The van der Waals surface area contributed by atoms with E-state index < -0.39 is 53.4 Å². The largest absolute Gasteiger partial charge is 0.481 e. The molecule has 1 aromatic rings. The monoisotopic (exact) mass is 357 g/mol. The molecular weight excluding hydrogens is 338 g/mol. The molecule has 7 heteroatoms. The molecule has 2 bridgehead atoms. The number of fused-ring (bicyclic) bond motifs is 2. The third-order valence-corrected chi connectivity index (χ3v) is 6.63. The van der Waals surface area contributed by atoms with Crippen LogP contribution in [0, 0.1) is 23.7 Å². The lowest BCUT2D eigenvalue weighted by atomic mass is 9.69. The molecule has 3 fully saturated rings. The summed E-state index contributed by atoms with van der Waals surface area (Å²) in [4.78, 5) is 39.9. The number of carboxylic acid groups (broad SMARTS) is 1. The van der Waals surface area contributed by atoms with Gasteiger partial charge in [0.25, 0.3) is 0 Å². The minimum Gasteiger partial charge on any atom is -0.481 e. The topological polar surface area (TPSA) is 97.1 Å². The van der Waals surface area contributed by atoms with E-state index in [1.165, 1.54) is 6.26 Å². The molecule has 0 aromatic carbocycles. The maximum atomic E-state index is 13.4. The molecule has 1 spiro atoms. The summed E-state index contributed by atoms with van der Waals surface area (Å²) in [6.07, 6.45) is 4.43. The summed E-state index contributed by atoms with van der Waals surface area (Å²) in [7, 11) is 0. The van der Waals surface area contributed by atoms with Crippen LogP contribution in [-0.4, -0.2) is 45.4 Å². The third kappa shape index (κ3) is 1.60. The van der Waals surface area contributed by atoms with Crippen LogP contribution in [0.5, 0.6) is 0 Å². The number of Topliss-reactive ketones (excluding diaryl/α,β-unsaturated/α-hetero) is 1.